The van der Waals surface area contributed by atoms with Crippen molar-refractivity contribution in [2.75, 3.05) is 20.2 Å². The number of rotatable bonds is 4. The average Bonchev–Trinajstić information content (AvgIpc) is 2.66. The molecular formula is C23H29FN2O4. The van der Waals surface area contributed by atoms with Gasteiger partial charge in [-0.05, 0) is 67.6 Å². The lowest BCUT2D eigenvalue weighted by Gasteiger charge is -2.64. The van der Waals surface area contributed by atoms with Crippen molar-refractivity contribution >= 4 is 12.0 Å². The topological polar surface area (TPSA) is 78.9 Å². The molecule has 2 N–H and O–H groups in total. The molecule has 1 aliphatic heterocycles. The Kier molecular flexibility index (Phi) is 4.58. The van der Waals surface area contributed by atoms with Crippen LogP contribution in [0.5, 0.6) is 0 Å². The summed E-state index contributed by atoms with van der Waals surface area (Å²) in [5.74, 6) is 0.777. The fourth-order valence-corrected chi connectivity index (χ4v) is 7.04. The second kappa shape index (κ2) is 6.94. The molecule has 1 saturated heterocycles. The van der Waals surface area contributed by atoms with Crippen LogP contribution in [-0.4, -0.2) is 53.8 Å². The van der Waals surface area contributed by atoms with E-state index in [-0.39, 0.29) is 35.0 Å². The zero-order valence-electron chi connectivity index (χ0n) is 17.3. The predicted octanol–water partition coefficient (Wildman–Crippen LogP) is 2.59. The molecular weight excluding hydrogens is 387 g/mol. The molecule has 0 spiro atoms. The standard InChI is InChI=1S/C23H29FN2O4/c1-30-21(28)25-19-12-26(13-19)20(27)11-23(15-2-4-18(24)5-3-15)16-6-14-7-17(23)10-22(29,8-14)9-16/h2-5,14,16-17,19,29H,6-13H2,1H3,(H,25,28)/t14?,16?,17?,22-,23+. The molecule has 5 aliphatic rings. The molecule has 2 amide bonds. The van der Waals surface area contributed by atoms with E-state index in [1.807, 2.05) is 12.1 Å². The molecule has 4 aliphatic carbocycles. The minimum absolute atomic E-state index is 0.0710. The maximum Gasteiger partial charge on any atom is 0.407 e. The van der Waals surface area contributed by atoms with Gasteiger partial charge in [-0.1, -0.05) is 12.1 Å². The molecule has 0 radical (unpaired) electrons. The second-order valence-electron chi connectivity index (χ2n) is 9.92. The molecule has 6 nitrogen and oxygen atoms in total. The van der Waals surface area contributed by atoms with Gasteiger partial charge in [-0.3, -0.25) is 4.79 Å². The van der Waals surface area contributed by atoms with Crippen molar-refractivity contribution in [3.8, 4) is 0 Å². The van der Waals surface area contributed by atoms with Crippen LogP contribution < -0.4 is 5.32 Å². The summed E-state index contributed by atoms with van der Waals surface area (Å²) < 4.78 is 18.3. The molecule has 30 heavy (non-hydrogen) atoms. The highest BCUT2D eigenvalue weighted by atomic mass is 19.1. The van der Waals surface area contributed by atoms with Crippen molar-refractivity contribution < 1.29 is 23.8 Å². The summed E-state index contributed by atoms with van der Waals surface area (Å²) in [5, 5.41) is 13.8. The number of amides is 2. The van der Waals surface area contributed by atoms with Gasteiger partial charge in [-0.25, -0.2) is 9.18 Å². The third-order valence-electron chi connectivity index (χ3n) is 8.18. The van der Waals surface area contributed by atoms with E-state index in [9.17, 15) is 19.1 Å². The number of alkyl carbamates (subject to hydrolysis) is 1. The first kappa shape index (κ1) is 19.8. The van der Waals surface area contributed by atoms with E-state index in [1.165, 1.54) is 19.2 Å². The number of methoxy groups -OCH3 is 1. The van der Waals surface area contributed by atoms with E-state index in [4.69, 9.17) is 0 Å². The summed E-state index contributed by atoms with van der Waals surface area (Å²) in [6, 6.07) is 6.57. The molecule has 4 bridgehead atoms. The van der Waals surface area contributed by atoms with E-state index in [0.29, 0.717) is 25.4 Å². The first-order valence-electron chi connectivity index (χ1n) is 10.9. The highest BCUT2D eigenvalue weighted by Gasteiger charge is 2.63. The van der Waals surface area contributed by atoms with Crippen LogP contribution in [0, 0.1) is 23.6 Å². The zero-order valence-corrected chi connectivity index (χ0v) is 17.3. The maximum absolute atomic E-state index is 13.7. The van der Waals surface area contributed by atoms with E-state index in [0.717, 1.165) is 37.7 Å². The number of hydrogen-bond acceptors (Lipinski definition) is 4. The zero-order chi connectivity index (χ0) is 21.1. The Hall–Kier alpha value is -2.15. The number of aliphatic hydroxyl groups is 1. The van der Waals surface area contributed by atoms with Crippen LogP contribution in [0.2, 0.25) is 0 Å². The van der Waals surface area contributed by atoms with Gasteiger partial charge < -0.3 is 20.1 Å². The summed E-state index contributed by atoms with van der Waals surface area (Å²) in [6.07, 6.45) is 4.26. The lowest BCUT2D eigenvalue weighted by atomic mass is 9.41. The van der Waals surface area contributed by atoms with Crippen molar-refractivity contribution in [1.29, 1.82) is 0 Å². The SMILES string of the molecule is COC(=O)NC1CN(C(=O)C[C@]2(c3ccc(F)cc3)C3CC4CC2C[C@@](O)(C4)C3)C1. The first-order chi connectivity index (χ1) is 14.3. The number of benzene rings is 1. The van der Waals surface area contributed by atoms with Crippen LogP contribution in [0.3, 0.4) is 0 Å². The molecule has 2 unspecified atom stereocenters. The molecule has 7 heteroatoms. The molecule has 4 saturated carbocycles. The largest absolute Gasteiger partial charge is 0.453 e. The van der Waals surface area contributed by atoms with Crippen LogP contribution in [-0.2, 0) is 14.9 Å². The average molecular weight is 416 g/mol. The highest BCUT2D eigenvalue weighted by Crippen LogP contribution is 2.65. The Morgan fingerprint density at radius 3 is 2.37 bits per heavy atom. The number of carbonyl (C=O) groups is 2. The van der Waals surface area contributed by atoms with E-state index in [2.05, 4.69) is 10.1 Å². The molecule has 1 aromatic carbocycles. The molecule has 0 aromatic heterocycles. The van der Waals surface area contributed by atoms with Gasteiger partial charge in [0.2, 0.25) is 5.91 Å². The molecule has 1 heterocycles. The fraction of sp³-hybridized carbons (Fsp3) is 0.652. The monoisotopic (exact) mass is 416 g/mol. The van der Waals surface area contributed by atoms with Gasteiger partial charge in [0, 0.05) is 24.9 Å². The summed E-state index contributed by atoms with van der Waals surface area (Å²) in [5.41, 5.74) is 0.0730. The molecule has 5 fully saturated rings. The number of carbonyl (C=O) groups excluding carboxylic acids is 2. The van der Waals surface area contributed by atoms with Crippen LogP contribution in [0.4, 0.5) is 9.18 Å². The van der Waals surface area contributed by atoms with Gasteiger partial charge in [0.15, 0.2) is 0 Å². The maximum atomic E-state index is 13.7. The Balaban J connectivity index is 1.39. The first-order valence-corrected chi connectivity index (χ1v) is 10.9. The third-order valence-corrected chi connectivity index (χ3v) is 8.18. The molecule has 162 valence electrons. The number of ether oxygens (including phenoxy) is 1. The fourth-order valence-electron chi connectivity index (χ4n) is 7.04. The van der Waals surface area contributed by atoms with Gasteiger partial charge in [-0.15, -0.1) is 0 Å². The number of likely N-dealkylation sites (tertiary alicyclic amines) is 1. The Morgan fingerprint density at radius 2 is 1.80 bits per heavy atom. The molecule has 1 aromatic rings. The van der Waals surface area contributed by atoms with Gasteiger partial charge in [-0.2, -0.15) is 0 Å². The van der Waals surface area contributed by atoms with Crippen LogP contribution >= 0.6 is 0 Å². The number of halogens is 1. The van der Waals surface area contributed by atoms with Crippen molar-refractivity contribution in [3.63, 3.8) is 0 Å². The summed E-state index contributed by atoms with van der Waals surface area (Å²) in [6.45, 7) is 0.963. The minimum atomic E-state index is -0.602. The molecule has 2 atom stereocenters. The van der Waals surface area contributed by atoms with Gasteiger partial charge in [0.25, 0.3) is 0 Å². The molecule has 6 rings (SSSR count). The van der Waals surface area contributed by atoms with E-state index < -0.39 is 11.7 Å². The third kappa shape index (κ3) is 3.09. The number of nitrogens with one attached hydrogen (secondary N) is 1. The van der Waals surface area contributed by atoms with Crippen molar-refractivity contribution in [2.45, 2.75) is 55.6 Å². The van der Waals surface area contributed by atoms with Crippen LogP contribution in [0.1, 0.15) is 44.1 Å². The Labute approximate surface area is 175 Å². The number of hydrogen-bond donors (Lipinski definition) is 2. The van der Waals surface area contributed by atoms with E-state index >= 15 is 0 Å². The second-order valence-corrected chi connectivity index (χ2v) is 9.92. The summed E-state index contributed by atoms with van der Waals surface area (Å²) in [7, 11) is 1.32. The lowest BCUT2D eigenvalue weighted by molar-refractivity contribution is -0.173. The lowest BCUT2D eigenvalue weighted by Crippen LogP contribution is -2.65. The highest BCUT2D eigenvalue weighted by molar-refractivity contribution is 5.79. The summed E-state index contributed by atoms with van der Waals surface area (Å²) in [4.78, 5) is 26.5. The normalized spacial score (nSPS) is 37.0. The van der Waals surface area contributed by atoms with Gasteiger partial charge in [0.05, 0.1) is 18.8 Å². The van der Waals surface area contributed by atoms with Crippen molar-refractivity contribution in [1.82, 2.24) is 10.2 Å². The van der Waals surface area contributed by atoms with Crippen LogP contribution in [0.15, 0.2) is 24.3 Å². The van der Waals surface area contributed by atoms with Crippen molar-refractivity contribution in [3.05, 3.63) is 35.6 Å². The summed E-state index contributed by atoms with van der Waals surface area (Å²) >= 11 is 0. The van der Waals surface area contributed by atoms with E-state index in [1.54, 1.807) is 4.90 Å². The van der Waals surface area contributed by atoms with Crippen LogP contribution in [0.25, 0.3) is 0 Å². The Morgan fingerprint density at radius 1 is 1.17 bits per heavy atom. The van der Waals surface area contributed by atoms with Gasteiger partial charge in [0.1, 0.15) is 5.82 Å². The van der Waals surface area contributed by atoms with Gasteiger partial charge >= 0.3 is 6.09 Å². The number of nitrogens with zero attached hydrogens (tertiary/aromatic N) is 1. The predicted molar refractivity (Wildman–Crippen MR) is 107 cm³/mol. The minimum Gasteiger partial charge on any atom is -0.453 e. The van der Waals surface area contributed by atoms with Crippen molar-refractivity contribution in [2.24, 2.45) is 17.8 Å². The Bertz CT molecular complexity index is 835. The smallest absolute Gasteiger partial charge is 0.407 e. The quantitative estimate of drug-likeness (QED) is 0.791.